The van der Waals surface area contributed by atoms with Gasteiger partial charge in [0, 0.05) is 22.7 Å². The maximum Gasteiger partial charge on any atom is 0.244 e. The summed E-state index contributed by atoms with van der Waals surface area (Å²) in [7, 11) is -3.67. The van der Waals surface area contributed by atoms with Gasteiger partial charge in [0.05, 0.1) is 11.5 Å². The fourth-order valence-corrected chi connectivity index (χ4v) is 5.45. The van der Waals surface area contributed by atoms with Crippen LogP contribution in [0, 0.1) is 0 Å². The van der Waals surface area contributed by atoms with Crippen molar-refractivity contribution in [1.29, 1.82) is 0 Å². The molecule has 7 heteroatoms. The molecule has 0 aromatic heterocycles. The number of nitrogen functional groups attached to an aromatic ring is 1. The Morgan fingerprint density at radius 3 is 2.57 bits per heavy atom. The number of rotatable bonds is 5. The molecule has 1 saturated carbocycles. The van der Waals surface area contributed by atoms with E-state index in [-0.39, 0.29) is 24.1 Å². The number of hydrogen-bond acceptors (Lipinski definition) is 4. The molecule has 2 rings (SSSR count). The van der Waals surface area contributed by atoms with Gasteiger partial charge in [-0.3, -0.25) is 0 Å². The smallest absolute Gasteiger partial charge is 0.244 e. The first-order chi connectivity index (χ1) is 9.96. The highest BCUT2D eigenvalue weighted by Crippen LogP contribution is 2.31. The molecule has 0 atom stereocenters. The normalized spacial score (nSPS) is 17.3. The van der Waals surface area contributed by atoms with Crippen molar-refractivity contribution in [2.24, 2.45) is 0 Å². The molecule has 0 bridgehead atoms. The SMILES string of the molecule is Nc1ccc(Br)c(S(=O)(=O)N(CCO)C2CCCCC2)c1. The fourth-order valence-electron chi connectivity index (χ4n) is 2.81. The summed E-state index contributed by atoms with van der Waals surface area (Å²) in [5.74, 6) is 0. The van der Waals surface area contributed by atoms with Crippen molar-refractivity contribution >= 4 is 31.6 Å². The van der Waals surface area contributed by atoms with E-state index in [1.807, 2.05) is 0 Å². The van der Waals surface area contributed by atoms with E-state index in [0.29, 0.717) is 10.2 Å². The third-order valence-corrected chi connectivity index (χ3v) is 6.79. The fraction of sp³-hybridized carbons (Fsp3) is 0.571. The van der Waals surface area contributed by atoms with Crippen LogP contribution >= 0.6 is 15.9 Å². The monoisotopic (exact) mass is 376 g/mol. The molecule has 1 aliphatic rings. The first kappa shape index (κ1) is 16.7. The molecular formula is C14H21BrN2O3S. The molecule has 0 amide bonds. The third kappa shape index (κ3) is 3.77. The van der Waals surface area contributed by atoms with Gasteiger partial charge in [0.25, 0.3) is 0 Å². The number of aliphatic hydroxyl groups is 1. The lowest BCUT2D eigenvalue weighted by Gasteiger charge is -2.33. The minimum absolute atomic E-state index is 0.0377. The van der Waals surface area contributed by atoms with E-state index in [2.05, 4.69) is 15.9 Å². The van der Waals surface area contributed by atoms with Crippen LogP contribution in [0.2, 0.25) is 0 Å². The van der Waals surface area contributed by atoms with Crippen molar-refractivity contribution in [2.45, 2.75) is 43.0 Å². The Morgan fingerprint density at radius 2 is 1.95 bits per heavy atom. The van der Waals surface area contributed by atoms with E-state index in [1.54, 1.807) is 12.1 Å². The van der Waals surface area contributed by atoms with Gasteiger partial charge in [-0.15, -0.1) is 0 Å². The van der Waals surface area contributed by atoms with Gasteiger partial charge >= 0.3 is 0 Å². The highest BCUT2D eigenvalue weighted by Gasteiger charge is 2.33. The van der Waals surface area contributed by atoms with Gasteiger partial charge in [0.2, 0.25) is 10.0 Å². The summed E-state index contributed by atoms with van der Waals surface area (Å²) in [6.45, 7) is -0.0656. The van der Waals surface area contributed by atoms with Gasteiger partial charge in [-0.05, 0) is 47.0 Å². The largest absolute Gasteiger partial charge is 0.399 e. The number of nitrogens with two attached hydrogens (primary N) is 1. The maximum absolute atomic E-state index is 12.9. The molecule has 0 radical (unpaired) electrons. The molecule has 1 aliphatic carbocycles. The average Bonchev–Trinajstić information content (AvgIpc) is 2.48. The zero-order valence-corrected chi connectivity index (χ0v) is 14.2. The Hall–Kier alpha value is -0.630. The summed E-state index contributed by atoms with van der Waals surface area (Å²) in [6, 6.07) is 4.72. The summed E-state index contributed by atoms with van der Waals surface area (Å²) in [5, 5.41) is 9.26. The summed E-state index contributed by atoms with van der Waals surface area (Å²) in [5.41, 5.74) is 6.13. The predicted octanol–water partition coefficient (Wildman–Crippen LogP) is 2.35. The van der Waals surface area contributed by atoms with Gasteiger partial charge in [-0.1, -0.05) is 19.3 Å². The number of sulfonamides is 1. The number of halogens is 1. The second-order valence-electron chi connectivity index (χ2n) is 5.32. The van der Waals surface area contributed by atoms with Crippen molar-refractivity contribution in [2.75, 3.05) is 18.9 Å². The molecular weight excluding hydrogens is 356 g/mol. The van der Waals surface area contributed by atoms with E-state index in [1.165, 1.54) is 10.4 Å². The number of aliphatic hydroxyl groups excluding tert-OH is 1. The van der Waals surface area contributed by atoms with Gasteiger partial charge in [0.15, 0.2) is 0 Å². The van der Waals surface area contributed by atoms with Gasteiger partial charge < -0.3 is 10.8 Å². The molecule has 0 unspecified atom stereocenters. The summed E-state index contributed by atoms with van der Waals surface area (Å²) in [6.07, 6.45) is 4.89. The van der Waals surface area contributed by atoms with Crippen LogP contribution in [0.1, 0.15) is 32.1 Å². The molecule has 1 aromatic rings. The molecule has 118 valence electrons. The first-order valence-electron chi connectivity index (χ1n) is 7.14. The van der Waals surface area contributed by atoms with E-state index in [0.717, 1.165) is 32.1 Å². The quantitative estimate of drug-likeness (QED) is 0.772. The second-order valence-corrected chi connectivity index (χ2v) is 8.03. The van der Waals surface area contributed by atoms with Crippen molar-refractivity contribution in [3.63, 3.8) is 0 Å². The Morgan fingerprint density at radius 1 is 1.29 bits per heavy atom. The van der Waals surface area contributed by atoms with E-state index >= 15 is 0 Å². The predicted molar refractivity (Wildman–Crippen MR) is 86.4 cm³/mol. The molecule has 0 aliphatic heterocycles. The van der Waals surface area contributed by atoms with Crippen LogP contribution < -0.4 is 5.73 Å². The van der Waals surface area contributed by atoms with Gasteiger partial charge in [-0.25, -0.2) is 8.42 Å². The van der Waals surface area contributed by atoms with Crippen LogP contribution in [0.5, 0.6) is 0 Å². The van der Waals surface area contributed by atoms with Crippen molar-refractivity contribution < 1.29 is 13.5 Å². The molecule has 0 heterocycles. The van der Waals surface area contributed by atoms with Crippen LogP contribution in [-0.2, 0) is 10.0 Å². The summed E-state index contributed by atoms with van der Waals surface area (Å²) in [4.78, 5) is 0.168. The zero-order chi connectivity index (χ0) is 15.5. The Kier molecular flexibility index (Phi) is 5.65. The highest BCUT2D eigenvalue weighted by atomic mass is 79.9. The van der Waals surface area contributed by atoms with Crippen LogP contribution in [-0.4, -0.2) is 37.0 Å². The Bertz CT molecular complexity index is 586. The standard InChI is InChI=1S/C14H21BrN2O3S/c15-13-7-6-11(16)10-14(13)21(19,20)17(8-9-18)12-4-2-1-3-5-12/h6-7,10,12,18H,1-5,8-9,16H2. The molecule has 5 nitrogen and oxygen atoms in total. The maximum atomic E-state index is 12.9. The first-order valence-corrected chi connectivity index (χ1v) is 9.38. The summed E-state index contributed by atoms with van der Waals surface area (Å²) >= 11 is 3.29. The minimum Gasteiger partial charge on any atom is -0.399 e. The number of hydrogen-bond donors (Lipinski definition) is 2. The average molecular weight is 377 g/mol. The minimum atomic E-state index is -3.67. The molecule has 21 heavy (non-hydrogen) atoms. The number of nitrogens with zero attached hydrogens (tertiary/aromatic N) is 1. The van der Waals surface area contributed by atoms with Crippen molar-refractivity contribution in [3.8, 4) is 0 Å². The zero-order valence-electron chi connectivity index (χ0n) is 11.8. The third-order valence-electron chi connectivity index (χ3n) is 3.84. The highest BCUT2D eigenvalue weighted by molar-refractivity contribution is 9.10. The Balaban J connectivity index is 2.39. The Labute approximate surface area is 134 Å². The topological polar surface area (TPSA) is 83.6 Å². The van der Waals surface area contributed by atoms with Crippen molar-refractivity contribution in [3.05, 3.63) is 22.7 Å². The lowest BCUT2D eigenvalue weighted by atomic mass is 9.95. The number of benzene rings is 1. The van der Waals surface area contributed by atoms with Crippen molar-refractivity contribution in [1.82, 2.24) is 4.31 Å². The van der Waals surface area contributed by atoms with Crippen LogP contribution in [0.4, 0.5) is 5.69 Å². The van der Waals surface area contributed by atoms with E-state index in [4.69, 9.17) is 5.73 Å². The number of anilines is 1. The molecule has 0 spiro atoms. The van der Waals surface area contributed by atoms with E-state index in [9.17, 15) is 13.5 Å². The summed E-state index contributed by atoms with van der Waals surface area (Å²) < 4.78 is 27.8. The lowest BCUT2D eigenvalue weighted by molar-refractivity contribution is 0.199. The van der Waals surface area contributed by atoms with Crippen LogP contribution in [0.15, 0.2) is 27.6 Å². The van der Waals surface area contributed by atoms with E-state index < -0.39 is 10.0 Å². The van der Waals surface area contributed by atoms with Crippen LogP contribution in [0.3, 0.4) is 0 Å². The van der Waals surface area contributed by atoms with Crippen LogP contribution in [0.25, 0.3) is 0 Å². The molecule has 0 saturated heterocycles. The molecule has 3 N–H and O–H groups in total. The van der Waals surface area contributed by atoms with Gasteiger partial charge in [0.1, 0.15) is 0 Å². The lowest BCUT2D eigenvalue weighted by Crippen LogP contribution is -2.43. The second kappa shape index (κ2) is 7.09. The molecule has 1 fully saturated rings. The molecule has 1 aromatic carbocycles. The van der Waals surface area contributed by atoms with Gasteiger partial charge in [-0.2, -0.15) is 4.31 Å².